The maximum atomic E-state index is 5.58. The van der Waals surface area contributed by atoms with Gasteiger partial charge in [0.05, 0.1) is 23.8 Å². The van der Waals surface area contributed by atoms with Crippen molar-refractivity contribution >= 4 is 11.3 Å². The van der Waals surface area contributed by atoms with Crippen molar-refractivity contribution in [2.24, 2.45) is 0 Å². The fourth-order valence-electron chi connectivity index (χ4n) is 1.32. The Morgan fingerprint density at radius 3 is 3.15 bits per heavy atom. The Kier molecular flexibility index (Phi) is 1.88. The van der Waals surface area contributed by atoms with Gasteiger partial charge >= 0.3 is 0 Å². The molecule has 0 saturated carbocycles. The molecule has 0 radical (unpaired) electrons. The number of aryl methyl sites for hydroxylation is 1. The van der Waals surface area contributed by atoms with E-state index in [0.717, 1.165) is 24.2 Å². The lowest BCUT2D eigenvalue weighted by Crippen LogP contribution is -1.94. The molecule has 0 bridgehead atoms. The minimum Gasteiger partial charge on any atom is -0.396 e. The third kappa shape index (κ3) is 1.47. The van der Waals surface area contributed by atoms with E-state index in [-0.39, 0.29) is 0 Å². The van der Waals surface area contributed by atoms with Gasteiger partial charge < -0.3 is 5.73 Å². The zero-order valence-electron chi connectivity index (χ0n) is 7.57. The summed E-state index contributed by atoms with van der Waals surface area (Å²) in [5, 5.41) is 4.34. The lowest BCUT2D eigenvalue weighted by molar-refractivity contribution is 0.834. The van der Waals surface area contributed by atoms with Crippen LogP contribution in [0.3, 0.4) is 0 Å². The van der Waals surface area contributed by atoms with E-state index in [1.54, 1.807) is 16.9 Å². The second-order valence-electron chi connectivity index (χ2n) is 3.08. The van der Waals surface area contributed by atoms with E-state index in [2.05, 4.69) is 17.0 Å². The summed E-state index contributed by atoms with van der Waals surface area (Å²) in [4.78, 5) is 4.16. The highest BCUT2D eigenvalue weighted by Crippen LogP contribution is 2.07. The largest absolute Gasteiger partial charge is 0.396 e. The predicted octanol–water partition coefficient (Wildman–Crippen LogP) is 1.26. The van der Waals surface area contributed by atoms with E-state index in [1.165, 1.54) is 0 Å². The molecular formula is C9H12N4. The number of hydrogen-bond donors (Lipinski definition) is 1. The van der Waals surface area contributed by atoms with Crippen LogP contribution in [-0.2, 0) is 6.42 Å². The van der Waals surface area contributed by atoms with E-state index in [4.69, 9.17) is 5.73 Å². The molecule has 0 amide bonds. The number of nitrogens with zero attached hydrogens (tertiary/aromatic N) is 3. The summed E-state index contributed by atoms with van der Waals surface area (Å²) in [5.74, 6) is 0. The summed E-state index contributed by atoms with van der Waals surface area (Å²) >= 11 is 0. The van der Waals surface area contributed by atoms with Crippen LogP contribution in [0.2, 0.25) is 0 Å². The van der Waals surface area contributed by atoms with Crippen LogP contribution < -0.4 is 5.73 Å². The molecule has 2 N–H and O–H groups in total. The van der Waals surface area contributed by atoms with Crippen molar-refractivity contribution in [2.75, 3.05) is 5.73 Å². The number of fused-ring (bicyclic) bond motifs is 1. The van der Waals surface area contributed by atoms with Crippen molar-refractivity contribution in [3.8, 4) is 0 Å². The van der Waals surface area contributed by atoms with Gasteiger partial charge in [0.1, 0.15) is 0 Å². The Balaban J connectivity index is 2.49. The monoisotopic (exact) mass is 176 g/mol. The minimum absolute atomic E-state index is 0.638. The quantitative estimate of drug-likeness (QED) is 0.749. The van der Waals surface area contributed by atoms with E-state index in [9.17, 15) is 0 Å². The molecule has 4 heteroatoms. The van der Waals surface area contributed by atoms with Crippen molar-refractivity contribution in [2.45, 2.75) is 19.8 Å². The molecule has 68 valence electrons. The van der Waals surface area contributed by atoms with Gasteiger partial charge in [0, 0.05) is 6.07 Å². The lowest BCUT2D eigenvalue weighted by Gasteiger charge is -1.92. The predicted molar refractivity (Wildman–Crippen MR) is 51.4 cm³/mol. The molecule has 0 saturated heterocycles. The highest BCUT2D eigenvalue weighted by molar-refractivity contribution is 5.44. The van der Waals surface area contributed by atoms with Crippen LogP contribution >= 0.6 is 0 Å². The number of aromatic nitrogens is 3. The first-order chi connectivity index (χ1) is 6.29. The van der Waals surface area contributed by atoms with Gasteiger partial charge in [-0.3, -0.25) is 0 Å². The van der Waals surface area contributed by atoms with Crippen molar-refractivity contribution in [1.82, 2.24) is 14.6 Å². The van der Waals surface area contributed by atoms with Crippen LogP contribution in [0.1, 0.15) is 19.0 Å². The summed E-state index contributed by atoms with van der Waals surface area (Å²) in [6.45, 7) is 2.13. The van der Waals surface area contributed by atoms with Gasteiger partial charge in [-0.1, -0.05) is 13.3 Å². The molecule has 4 nitrogen and oxygen atoms in total. The standard InChI is InChI=1S/C9H12N4/c1-2-3-8-4-9-11-5-7(10)6-13(9)12-8/h4-6H,2-3,10H2,1H3. The Morgan fingerprint density at radius 2 is 2.38 bits per heavy atom. The summed E-state index contributed by atoms with van der Waals surface area (Å²) in [7, 11) is 0. The molecule has 0 aliphatic rings. The summed E-state index contributed by atoms with van der Waals surface area (Å²) in [5.41, 5.74) is 8.15. The zero-order chi connectivity index (χ0) is 9.26. The highest BCUT2D eigenvalue weighted by atomic mass is 15.2. The highest BCUT2D eigenvalue weighted by Gasteiger charge is 2.00. The molecule has 0 aromatic carbocycles. The molecular weight excluding hydrogens is 164 g/mol. The molecule has 2 rings (SSSR count). The number of anilines is 1. The number of rotatable bonds is 2. The molecule has 2 aromatic heterocycles. The van der Waals surface area contributed by atoms with Gasteiger partial charge in [-0.25, -0.2) is 9.50 Å². The summed E-state index contributed by atoms with van der Waals surface area (Å²) in [6.07, 6.45) is 5.51. The number of nitrogen functional groups attached to an aromatic ring is 1. The molecule has 2 heterocycles. The van der Waals surface area contributed by atoms with Gasteiger partial charge in [-0.2, -0.15) is 5.10 Å². The average Bonchev–Trinajstić information content (AvgIpc) is 2.46. The van der Waals surface area contributed by atoms with Crippen LogP contribution in [0, 0.1) is 0 Å². The third-order valence-corrected chi connectivity index (χ3v) is 1.89. The molecule has 0 spiro atoms. The Hall–Kier alpha value is -1.58. The van der Waals surface area contributed by atoms with Crippen LogP contribution in [0.5, 0.6) is 0 Å². The molecule has 2 aromatic rings. The van der Waals surface area contributed by atoms with E-state index in [0.29, 0.717) is 5.69 Å². The maximum absolute atomic E-state index is 5.58. The molecule has 0 atom stereocenters. The first kappa shape index (κ1) is 8.04. The smallest absolute Gasteiger partial charge is 0.155 e. The van der Waals surface area contributed by atoms with Crippen LogP contribution in [0.4, 0.5) is 5.69 Å². The fourth-order valence-corrected chi connectivity index (χ4v) is 1.32. The van der Waals surface area contributed by atoms with Crippen LogP contribution in [-0.4, -0.2) is 14.6 Å². The number of nitrogens with two attached hydrogens (primary N) is 1. The van der Waals surface area contributed by atoms with Gasteiger partial charge in [-0.15, -0.1) is 0 Å². The second kappa shape index (κ2) is 3.05. The molecule has 0 unspecified atom stereocenters. The minimum atomic E-state index is 0.638. The average molecular weight is 176 g/mol. The zero-order valence-corrected chi connectivity index (χ0v) is 7.57. The lowest BCUT2D eigenvalue weighted by atomic mass is 10.2. The first-order valence-electron chi connectivity index (χ1n) is 4.39. The Bertz CT molecular complexity index is 418. The maximum Gasteiger partial charge on any atom is 0.155 e. The summed E-state index contributed by atoms with van der Waals surface area (Å²) in [6, 6.07) is 1.99. The normalized spacial score (nSPS) is 10.8. The first-order valence-corrected chi connectivity index (χ1v) is 4.39. The van der Waals surface area contributed by atoms with E-state index < -0.39 is 0 Å². The van der Waals surface area contributed by atoms with Crippen LogP contribution in [0.25, 0.3) is 5.65 Å². The second-order valence-corrected chi connectivity index (χ2v) is 3.08. The topological polar surface area (TPSA) is 56.2 Å². The van der Waals surface area contributed by atoms with Crippen LogP contribution in [0.15, 0.2) is 18.5 Å². The van der Waals surface area contributed by atoms with E-state index >= 15 is 0 Å². The van der Waals surface area contributed by atoms with Crippen molar-refractivity contribution in [3.63, 3.8) is 0 Å². The van der Waals surface area contributed by atoms with Gasteiger partial charge in [0.25, 0.3) is 0 Å². The Morgan fingerprint density at radius 1 is 1.54 bits per heavy atom. The molecule has 13 heavy (non-hydrogen) atoms. The van der Waals surface area contributed by atoms with Crippen molar-refractivity contribution in [3.05, 3.63) is 24.2 Å². The van der Waals surface area contributed by atoms with Gasteiger partial charge in [0.2, 0.25) is 0 Å². The van der Waals surface area contributed by atoms with Gasteiger partial charge in [0.15, 0.2) is 5.65 Å². The molecule has 0 fully saturated rings. The fraction of sp³-hybridized carbons (Fsp3) is 0.333. The molecule has 0 aliphatic heterocycles. The van der Waals surface area contributed by atoms with E-state index in [1.807, 2.05) is 6.07 Å². The SMILES string of the molecule is CCCc1cc2ncc(N)cn2n1. The van der Waals surface area contributed by atoms with Gasteiger partial charge in [-0.05, 0) is 6.42 Å². The molecule has 0 aliphatic carbocycles. The Labute approximate surface area is 76.4 Å². The van der Waals surface area contributed by atoms with Crippen molar-refractivity contribution < 1.29 is 0 Å². The van der Waals surface area contributed by atoms with Crippen molar-refractivity contribution in [1.29, 1.82) is 0 Å². The number of hydrogen-bond acceptors (Lipinski definition) is 3. The summed E-state index contributed by atoms with van der Waals surface area (Å²) < 4.78 is 1.72. The third-order valence-electron chi connectivity index (χ3n) is 1.89.